The molecule has 0 aliphatic rings. The predicted molar refractivity (Wildman–Crippen MR) is 66.6 cm³/mol. The van der Waals surface area contributed by atoms with Crippen molar-refractivity contribution in [3.05, 3.63) is 38.9 Å². The van der Waals surface area contributed by atoms with Crippen LogP contribution in [0.25, 0.3) is 0 Å². The summed E-state index contributed by atoms with van der Waals surface area (Å²) in [6.45, 7) is 1.55. The highest BCUT2D eigenvalue weighted by molar-refractivity contribution is 6.32. The summed E-state index contributed by atoms with van der Waals surface area (Å²) in [6.07, 6.45) is -2.10. The molecule has 0 saturated carbocycles. The Morgan fingerprint density at radius 3 is 2.79 bits per heavy atom. The number of carbonyl (C=O) groups excluding carboxylic acids is 1. The lowest BCUT2D eigenvalue weighted by Gasteiger charge is -2.15. The minimum absolute atomic E-state index is 0.0206. The summed E-state index contributed by atoms with van der Waals surface area (Å²) in [5.74, 6) is -1.10. The molecule has 1 unspecified atom stereocenters. The molecule has 2 N–H and O–H groups in total. The molecule has 0 heterocycles. The van der Waals surface area contributed by atoms with Gasteiger partial charge in [-0.25, -0.2) is 9.18 Å². The van der Waals surface area contributed by atoms with E-state index in [0.717, 1.165) is 6.07 Å². The van der Waals surface area contributed by atoms with Gasteiger partial charge in [0.15, 0.2) is 0 Å². The summed E-state index contributed by atoms with van der Waals surface area (Å²) in [7, 11) is 0. The van der Waals surface area contributed by atoms with Gasteiger partial charge in [-0.2, -0.15) is 0 Å². The maximum Gasteiger partial charge on any atom is 0.342 e. The molecule has 0 spiro atoms. The molecule has 0 fully saturated rings. The third-order valence-electron chi connectivity index (χ3n) is 2.38. The van der Waals surface area contributed by atoms with Crippen molar-refractivity contribution in [3.63, 3.8) is 0 Å². The highest BCUT2D eigenvalue weighted by atomic mass is 35.5. The van der Waals surface area contributed by atoms with Crippen LogP contribution in [-0.4, -0.2) is 23.7 Å². The van der Waals surface area contributed by atoms with E-state index in [1.165, 1.54) is 19.1 Å². The van der Waals surface area contributed by atoms with Gasteiger partial charge in [-0.05, 0) is 18.6 Å². The van der Waals surface area contributed by atoms with Crippen molar-refractivity contribution in [2.24, 2.45) is 5.73 Å². The highest BCUT2D eigenvalue weighted by Gasteiger charge is 2.29. The Morgan fingerprint density at radius 2 is 2.26 bits per heavy atom. The van der Waals surface area contributed by atoms with Crippen LogP contribution in [0.5, 0.6) is 0 Å². The summed E-state index contributed by atoms with van der Waals surface area (Å²) < 4.78 is 18.2. The first-order valence-corrected chi connectivity index (χ1v) is 5.76. The fraction of sp³-hybridized carbons (Fsp3) is 0.364. The first kappa shape index (κ1) is 15.3. The second-order valence-corrected chi connectivity index (χ2v) is 4.05. The second kappa shape index (κ2) is 6.44. The Bertz CT molecular complexity index is 498. The number of carbonyl (C=O) groups is 1. The lowest BCUT2D eigenvalue weighted by Crippen LogP contribution is -2.31. The number of nitro benzene ring substituents is 1. The number of hydrogen-bond acceptors (Lipinski definition) is 5. The van der Waals surface area contributed by atoms with Gasteiger partial charge in [0.1, 0.15) is 5.02 Å². The third kappa shape index (κ3) is 3.62. The van der Waals surface area contributed by atoms with Crippen LogP contribution in [0.1, 0.15) is 18.5 Å². The van der Waals surface area contributed by atoms with E-state index >= 15 is 0 Å². The van der Waals surface area contributed by atoms with E-state index in [1.54, 1.807) is 0 Å². The number of benzene rings is 1. The van der Waals surface area contributed by atoms with Crippen molar-refractivity contribution in [1.29, 1.82) is 0 Å². The summed E-state index contributed by atoms with van der Waals surface area (Å²) in [4.78, 5) is 21.2. The molecular weight excluding hydrogens is 279 g/mol. The zero-order chi connectivity index (χ0) is 14.6. The number of esters is 1. The zero-order valence-corrected chi connectivity index (χ0v) is 10.8. The number of rotatable bonds is 5. The molecule has 19 heavy (non-hydrogen) atoms. The fourth-order valence-corrected chi connectivity index (χ4v) is 1.60. The number of hydrogen-bond donors (Lipinski definition) is 1. The average molecular weight is 291 g/mol. The Morgan fingerprint density at radius 1 is 1.63 bits per heavy atom. The van der Waals surface area contributed by atoms with Crippen molar-refractivity contribution in [2.45, 2.75) is 19.1 Å². The topological polar surface area (TPSA) is 95.5 Å². The molecule has 8 heteroatoms. The molecule has 0 aliphatic carbocycles. The lowest BCUT2D eigenvalue weighted by atomic mass is 10.0. The van der Waals surface area contributed by atoms with E-state index in [9.17, 15) is 19.3 Å². The van der Waals surface area contributed by atoms with E-state index in [2.05, 4.69) is 4.74 Å². The maximum atomic E-state index is 13.7. The van der Waals surface area contributed by atoms with Gasteiger partial charge in [0.2, 0.25) is 6.17 Å². The second-order valence-electron chi connectivity index (χ2n) is 3.65. The first-order chi connectivity index (χ1) is 8.88. The SMILES string of the molecule is CCOC(=O)C(F)[C@H](N)c1ccc(Cl)c([N+](=O)[O-])c1. The van der Waals surface area contributed by atoms with Crippen molar-refractivity contribution < 1.29 is 18.8 Å². The number of nitro groups is 1. The van der Waals surface area contributed by atoms with Crippen molar-refractivity contribution in [3.8, 4) is 0 Å². The summed E-state index contributed by atoms with van der Waals surface area (Å²) in [5, 5.41) is 10.6. The standard InChI is InChI=1S/C11H12ClFN2O4/c1-2-19-11(16)9(13)10(14)6-3-4-7(12)8(5-6)15(17)18/h3-5,9-10H,2,14H2,1H3/t9?,10-/m1/s1. The minimum Gasteiger partial charge on any atom is -0.464 e. The van der Waals surface area contributed by atoms with Gasteiger partial charge in [-0.1, -0.05) is 17.7 Å². The van der Waals surface area contributed by atoms with E-state index in [4.69, 9.17) is 17.3 Å². The average Bonchev–Trinajstić information content (AvgIpc) is 2.37. The fourth-order valence-electron chi connectivity index (χ4n) is 1.41. The summed E-state index contributed by atoms with van der Waals surface area (Å²) in [5.41, 5.74) is 5.24. The molecule has 0 radical (unpaired) electrons. The van der Waals surface area contributed by atoms with E-state index < -0.39 is 28.8 Å². The molecule has 0 aliphatic heterocycles. The number of nitrogens with two attached hydrogens (primary N) is 1. The molecule has 2 atom stereocenters. The van der Waals surface area contributed by atoms with Crippen LogP contribution < -0.4 is 5.73 Å². The number of halogens is 2. The van der Waals surface area contributed by atoms with E-state index in [1.807, 2.05) is 0 Å². The monoisotopic (exact) mass is 290 g/mol. The molecule has 104 valence electrons. The van der Waals surface area contributed by atoms with Crippen molar-refractivity contribution >= 4 is 23.3 Å². The third-order valence-corrected chi connectivity index (χ3v) is 2.70. The number of ether oxygens (including phenoxy) is 1. The lowest BCUT2D eigenvalue weighted by molar-refractivity contribution is -0.384. The van der Waals surface area contributed by atoms with Crippen LogP contribution in [0.3, 0.4) is 0 Å². The predicted octanol–water partition coefficient (Wildman–Crippen LogP) is 2.15. The summed E-state index contributed by atoms with van der Waals surface area (Å²) >= 11 is 5.62. The highest BCUT2D eigenvalue weighted by Crippen LogP contribution is 2.28. The Hall–Kier alpha value is -1.73. The molecule has 0 aromatic heterocycles. The van der Waals surface area contributed by atoms with Gasteiger partial charge in [-0.3, -0.25) is 10.1 Å². The van der Waals surface area contributed by atoms with Crippen LogP contribution in [0, 0.1) is 10.1 Å². The van der Waals surface area contributed by atoms with Crippen molar-refractivity contribution in [2.75, 3.05) is 6.61 Å². The quantitative estimate of drug-likeness (QED) is 0.509. The van der Waals surface area contributed by atoms with Gasteiger partial charge in [-0.15, -0.1) is 0 Å². The molecular formula is C11H12ClFN2O4. The van der Waals surface area contributed by atoms with E-state index in [-0.39, 0.29) is 17.2 Å². The molecule has 1 aromatic rings. The van der Waals surface area contributed by atoms with Gasteiger partial charge >= 0.3 is 5.97 Å². The van der Waals surface area contributed by atoms with Crippen LogP contribution in [0.2, 0.25) is 5.02 Å². The minimum atomic E-state index is -2.10. The van der Waals surface area contributed by atoms with Crippen LogP contribution in [0.4, 0.5) is 10.1 Å². The van der Waals surface area contributed by atoms with Gasteiger partial charge in [0.25, 0.3) is 5.69 Å². The largest absolute Gasteiger partial charge is 0.464 e. The Kier molecular flexibility index (Phi) is 5.20. The van der Waals surface area contributed by atoms with Gasteiger partial charge < -0.3 is 10.5 Å². The molecule has 0 amide bonds. The number of alkyl halides is 1. The molecule has 6 nitrogen and oxygen atoms in total. The summed E-state index contributed by atoms with van der Waals surface area (Å²) in [6, 6.07) is 2.24. The Balaban J connectivity index is 3.00. The van der Waals surface area contributed by atoms with Gasteiger partial charge in [0.05, 0.1) is 17.6 Å². The number of nitrogens with zero attached hydrogens (tertiary/aromatic N) is 1. The molecule has 1 aromatic carbocycles. The van der Waals surface area contributed by atoms with Crippen LogP contribution >= 0.6 is 11.6 Å². The Labute approximate surface area is 113 Å². The first-order valence-electron chi connectivity index (χ1n) is 5.38. The van der Waals surface area contributed by atoms with Crippen molar-refractivity contribution in [1.82, 2.24) is 0 Å². The zero-order valence-electron chi connectivity index (χ0n) is 10.0. The van der Waals surface area contributed by atoms with E-state index in [0.29, 0.717) is 0 Å². The molecule has 0 saturated heterocycles. The smallest absolute Gasteiger partial charge is 0.342 e. The molecule has 1 rings (SSSR count). The normalized spacial score (nSPS) is 13.7. The maximum absolute atomic E-state index is 13.7. The van der Waals surface area contributed by atoms with Crippen LogP contribution in [0.15, 0.2) is 18.2 Å². The van der Waals surface area contributed by atoms with Crippen LogP contribution in [-0.2, 0) is 9.53 Å². The van der Waals surface area contributed by atoms with Gasteiger partial charge in [0, 0.05) is 6.07 Å². The molecule has 0 bridgehead atoms.